The zero-order valence-electron chi connectivity index (χ0n) is 14.7. The minimum Gasteiger partial charge on any atom is -0.495 e. The largest absolute Gasteiger partial charge is 0.495 e. The van der Waals surface area contributed by atoms with Gasteiger partial charge in [-0.25, -0.2) is 0 Å². The summed E-state index contributed by atoms with van der Waals surface area (Å²) in [6.07, 6.45) is 0. The molecule has 2 amide bonds. The average Bonchev–Trinajstić information content (AvgIpc) is 2.61. The van der Waals surface area contributed by atoms with Crippen LogP contribution < -0.4 is 25.4 Å². The van der Waals surface area contributed by atoms with E-state index in [0.29, 0.717) is 33.6 Å². The summed E-state index contributed by atoms with van der Waals surface area (Å²) in [5.74, 6) is 0.582. The van der Waals surface area contributed by atoms with Gasteiger partial charge in [0, 0.05) is 30.4 Å². The summed E-state index contributed by atoms with van der Waals surface area (Å²) < 4.78 is 10.4. The first-order valence-corrected chi connectivity index (χ1v) is 8.13. The molecule has 2 aromatic rings. The van der Waals surface area contributed by atoms with E-state index in [0.717, 1.165) is 0 Å². The monoisotopic (exact) mass is 377 g/mol. The number of anilines is 3. The van der Waals surface area contributed by atoms with Crippen molar-refractivity contribution in [3.8, 4) is 11.5 Å². The maximum absolute atomic E-state index is 12.1. The van der Waals surface area contributed by atoms with Crippen LogP contribution in [-0.4, -0.2) is 32.6 Å². The van der Waals surface area contributed by atoms with Gasteiger partial charge in [-0.3, -0.25) is 9.59 Å². The fourth-order valence-electron chi connectivity index (χ4n) is 2.22. The van der Waals surface area contributed by atoms with Gasteiger partial charge >= 0.3 is 0 Å². The van der Waals surface area contributed by atoms with Crippen molar-refractivity contribution in [1.82, 2.24) is 0 Å². The number of amides is 2. The number of methoxy groups -OCH3 is 2. The Morgan fingerprint density at radius 3 is 2.08 bits per heavy atom. The molecule has 2 aromatic carbocycles. The topological polar surface area (TPSA) is 88.7 Å². The van der Waals surface area contributed by atoms with Crippen LogP contribution >= 0.6 is 11.6 Å². The Labute approximate surface area is 156 Å². The fourth-order valence-corrected chi connectivity index (χ4v) is 2.45. The van der Waals surface area contributed by atoms with Gasteiger partial charge in [-0.2, -0.15) is 0 Å². The van der Waals surface area contributed by atoms with E-state index < -0.39 is 0 Å². The van der Waals surface area contributed by atoms with Crippen molar-refractivity contribution in [2.75, 3.05) is 36.7 Å². The number of hydrogen-bond acceptors (Lipinski definition) is 5. The number of rotatable bonds is 7. The van der Waals surface area contributed by atoms with Crippen LogP contribution in [0.4, 0.5) is 17.1 Å². The Kier molecular flexibility index (Phi) is 6.68. The van der Waals surface area contributed by atoms with Gasteiger partial charge in [-0.05, 0) is 24.3 Å². The number of carbonyl (C=O) groups excluding carboxylic acids is 2. The average molecular weight is 378 g/mol. The Hall–Kier alpha value is -2.93. The van der Waals surface area contributed by atoms with E-state index in [2.05, 4.69) is 16.0 Å². The number of carbonyl (C=O) groups is 2. The van der Waals surface area contributed by atoms with Gasteiger partial charge in [0.05, 0.1) is 31.5 Å². The standard InChI is InChI=1S/C18H20ClN3O4/c1-11(23)21-12-4-6-13(7-5-12)22-18(24)10-20-15-9-16(25-2)14(19)8-17(15)26-3/h4-9,20H,10H2,1-3H3,(H,21,23)(H,22,24). The molecule has 0 aliphatic carbocycles. The summed E-state index contributed by atoms with van der Waals surface area (Å²) >= 11 is 6.06. The van der Waals surface area contributed by atoms with Crippen LogP contribution in [0.25, 0.3) is 0 Å². The smallest absolute Gasteiger partial charge is 0.243 e. The molecule has 7 nitrogen and oxygen atoms in total. The zero-order valence-corrected chi connectivity index (χ0v) is 15.4. The Bertz CT molecular complexity index is 794. The van der Waals surface area contributed by atoms with E-state index in [9.17, 15) is 9.59 Å². The third-order valence-electron chi connectivity index (χ3n) is 3.40. The Morgan fingerprint density at radius 2 is 1.54 bits per heavy atom. The summed E-state index contributed by atoms with van der Waals surface area (Å²) in [7, 11) is 3.02. The van der Waals surface area contributed by atoms with E-state index in [1.807, 2.05) is 0 Å². The third kappa shape index (κ3) is 5.29. The second kappa shape index (κ2) is 8.96. The van der Waals surface area contributed by atoms with E-state index in [-0.39, 0.29) is 18.4 Å². The first-order chi connectivity index (χ1) is 12.4. The lowest BCUT2D eigenvalue weighted by Gasteiger charge is -2.14. The summed E-state index contributed by atoms with van der Waals surface area (Å²) in [6, 6.07) is 10.1. The molecule has 0 aliphatic rings. The molecule has 8 heteroatoms. The number of nitrogens with one attached hydrogen (secondary N) is 3. The lowest BCUT2D eigenvalue weighted by molar-refractivity contribution is -0.115. The highest BCUT2D eigenvalue weighted by Crippen LogP contribution is 2.35. The molecule has 2 rings (SSSR count). The third-order valence-corrected chi connectivity index (χ3v) is 3.70. The molecule has 0 aliphatic heterocycles. The number of hydrogen-bond donors (Lipinski definition) is 3. The summed E-state index contributed by atoms with van der Waals surface area (Å²) in [4.78, 5) is 23.1. The summed E-state index contributed by atoms with van der Waals surface area (Å²) in [5.41, 5.74) is 1.86. The van der Waals surface area contributed by atoms with Gasteiger partial charge in [0.2, 0.25) is 11.8 Å². The minimum atomic E-state index is -0.242. The van der Waals surface area contributed by atoms with Crippen LogP contribution in [0.1, 0.15) is 6.92 Å². The van der Waals surface area contributed by atoms with Crippen molar-refractivity contribution < 1.29 is 19.1 Å². The van der Waals surface area contributed by atoms with E-state index in [1.165, 1.54) is 21.1 Å². The van der Waals surface area contributed by atoms with Crippen LogP contribution in [0.2, 0.25) is 5.02 Å². The molecule has 0 aromatic heterocycles. The Balaban J connectivity index is 1.97. The van der Waals surface area contributed by atoms with E-state index >= 15 is 0 Å². The van der Waals surface area contributed by atoms with Crippen molar-refractivity contribution >= 4 is 40.5 Å². The highest BCUT2D eigenvalue weighted by molar-refractivity contribution is 6.32. The highest BCUT2D eigenvalue weighted by atomic mass is 35.5. The zero-order chi connectivity index (χ0) is 19.1. The molecule has 26 heavy (non-hydrogen) atoms. The van der Waals surface area contributed by atoms with Crippen LogP contribution in [-0.2, 0) is 9.59 Å². The lowest BCUT2D eigenvalue weighted by Crippen LogP contribution is -2.22. The molecule has 0 unspecified atom stereocenters. The van der Waals surface area contributed by atoms with Crippen molar-refractivity contribution in [1.29, 1.82) is 0 Å². The SMILES string of the molecule is COc1cc(NCC(=O)Nc2ccc(NC(C)=O)cc2)c(OC)cc1Cl. The van der Waals surface area contributed by atoms with Crippen molar-refractivity contribution in [3.05, 3.63) is 41.4 Å². The van der Waals surface area contributed by atoms with Crippen molar-refractivity contribution in [3.63, 3.8) is 0 Å². The van der Waals surface area contributed by atoms with Crippen LogP contribution in [0.15, 0.2) is 36.4 Å². The quantitative estimate of drug-likeness (QED) is 0.688. The summed E-state index contributed by atoms with van der Waals surface area (Å²) in [5, 5.41) is 8.82. The molecule has 0 radical (unpaired) electrons. The molecular formula is C18H20ClN3O4. The minimum absolute atomic E-state index is 0.0224. The van der Waals surface area contributed by atoms with Crippen molar-refractivity contribution in [2.45, 2.75) is 6.92 Å². The second-order valence-electron chi connectivity index (χ2n) is 5.35. The van der Waals surface area contributed by atoms with Gasteiger partial charge in [-0.1, -0.05) is 11.6 Å². The highest BCUT2D eigenvalue weighted by Gasteiger charge is 2.11. The Morgan fingerprint density at radius 1 is 0.962 bits per heavy atom. The second-order valence-corrected chi connectivity index (χ2v) is 5.75. The molecule has 138 valence electrons. The maximum atomic E-state index is 12.1. The van der Waals surface area contributed by atoms with E-state index in [4.69, 9.17) is 21.1 Å². The first-order valence-electron chi connectivity index (χ1n) is 7.76. The van der Waals surface area contributed by atoms with Crippen LogP contribution in [0, 0.1) is 0 Å². The molecule has 0 spiro atoms. The van der Waals surface area contributed by atoms with Gasteiger partial charge < -0.3 is 25.4 Å². The molecular weight excluding hydrogens is 358 g/mol. The number of halogens is 1. The molecule has 0 heterocycles. The van der Waals surface area contributed by atoms with Crippen LogP contribution in [0.5, 0.6) is 11.5 Å². The van der Waals surface area contributed by atoms with Gasteiger partial charge in [0.1, 0.15) is 11.5 Å². The first kappa shape index (κ1) is 19.4. The number of ether oxygens (including phenoxy) is 2. The molecule has 0 bridgehead atoms. The predicted octanol–water partition coefficient (Wildman–Crippen LogP) is 3.37. The molecule has 3 N–H and O–H groups in total. The van der Waals surface area contributed by atoms with Gasteiger partial charge in [0.15, 0.2) is 0 Å². The summed E-state index contributed by atoms with van der Waals surface area (Å²) in [6.45, 7) is 1.45. The molecule has 0 atom stereocenters. The molecule has 0 saturated heterocycles. The fraction of sp³-hybridized carbons (Fsp3) is 0.222. The normalized spacial score (nSPS) is 10.0. The van der Waals surface area contributed by atoms with Crippen LogP contribution in [0.3, 0.4) is 0 Å². The lowest BCUT2D eigenvalue weighted by atomic mass is 10.2. The van der Waals surface area contributed by atoms with Gasteiger partial charge in [-0.15, -0.1) is 0 Å². The van der Waals surface area contributed by atoms with Gasteiger partial charge in [0.25, 0.3) is 0 Å². The van der Waals surface area contributed by atoms with E-state index in [1.54, 1.807) is 36.4 Å². The predicted molar refractivity (Wildman–Crippen MR) is 102 cm³/mol. The number of benzene rings is 2. The molecule has 0 saturated carbocycles. The molecule has 0 fully saturated rings. The maximum Gasteiger partial charge on any atom is 0.243 e. The van der Waals surface area contributed by atoms with Crippen molar-refractivity contribution in [2.24, 2.45) is 0 Å².